The van der Waals surface area contributed by atoms with Crippen LogP contribution < -0.4 is 9.54 Å². The summed E-state index contributed by atoms with van der Waals surface area (Å²) < 4.78 is 7.15. The number of hydrogen-bond donors (Lipinski definition) is 0. The van der Waals surface area contributed by atoms with Gasteiger partial charge in [0.2, 0.25) is 4.80 Å². The minimum atomic E-state index is 0.732. The first-order chi connectivity index (χ1) is 11.7. The van der Waals surface area contributed by atoms with Crippen molar-refractivity contribution in [2.24, 2.45) is 10.1 Å². The lowest BCUT2D eigenvalue weighted by molar-refractivity contribution is 0.415. The molecule has 24 heavy (non-hydrogen) atoms. The average Bonchev–Trinajstić information content (AvgIpc) is 3.19. The summed E-state index contributed by atoms with van der Waals surface area (Å²) in [4.78, 5) is 6.62. The molecule has 1 aromatic carbocycles. The fourth-order valence-electron chi connectivity index (χ4n) is 2.24. The predicted octanol–water partition coefficient (Wildman–Crippen LogP) is 4.40. The van der Waals surface area contributed by atoms with Gasteiger partial charge in [-0.2, -0.15) is 5.10 Å². The second-order valence-corrected chi connectivity index (χ2v) is 6.91. The first-order valence-electron chi connectivity index (χ1n) is 7.67. The van der Waals surface area contributed by atoms with E-state index in [1.807, 2.05) is 42.1 Å². The summed E-state index contributed by atoms with van der Waals surface area (Å²) in [6.45, 7) is 4.86. The Labute approximate surface area is 149 Å². The molecule has 2 heterocycles. The lowest BCUT2D eigenvalue weighted by Gasteiger charge is -2.05. The molecule has 0 unspecified atom stereocenters. The van der Waals surface area contributed by atoms with Crippen LogP contribution in [0.5, 0.6) is 5.75 Å². The van der Waals surface area contributed by atoms with Crippen molar-refractivity contribution >= 4 is 28.9 Å². The van der Waals surface area contributed by atoms with E-state index in [0.717, 1.165) is 33.2 Å². The van der Waals surface area contributed by atoms with Gasteiger partial charge in [-0.1, -0.05) is 0 Å². The highest BCUT2D eigenvalue weighted by Gasteiger charge is 2.08. The fourth-order valence-corrected chi connectivity index (χ4v) is 3.92. The molecule has 0 fully saturated rings. The van der Waals surface area contributed by atoms with Crippen molar-refractivity contribution < 1.29 is 4.74 Å². The topological polar surface area (TPSA) is 38.9 Å². The van der Waals surface area contributed by atoms with Gasteiger partial charge in [-0.05, 0) is 55.1 Å². The molecule has 4 nitrogen and oxygen atoms in total. The third kappa shape index (κ3) is 3.49. The summed E-state index contributed by atoms with van der Waals surface area (Å²) >= 11 is 3.29. The smallest absolute Gasteiger partial charge is 0.206 e. The minimum absolute atomic E-state index is 0.732. The number of hydrogen-bond acceptors (Lipinski definition) is 5. The van der Waals surface area contributed by atoms with Crippen LogP contribution >= 0.6 is 22.7 Å². The lowest BCUT2D eigenvalue weighted by Crippen LogP contribution is -2.12. The number of benzene rings is 1. The molecule has 0 aliphatic heterocycles. The molecular formula is C18H19N3OS2. The first kappa shape index (κ1) is 16.7. The van der Waals surface area contributed by atoms with Gasteiger partial charge in [0.1, 0.15) is 5.75 Å². The van der Waals surface area contributed by atoms with Crippen LogP contribution in [-0.2, 0) is 0 Å². The predicted molar refractivity (Wildman–Crippen MR) is 102 cm³/mol. The van der Waals surface area contributed by atoms with Crippen molar-refractivity contribution in [1.82, 2.24) is 4.68 Å². The van der Waals surface area contributed by atoms with Crippen molar-refractivity contribution in [3.05, 3.63) is 56.3 Å². The highest BCUT2D eigenvalue weighted by molar-refractivity contribution is 7.11. The van der Waals surface area contributed by atoms with Crippen LogP contribution in [0.25, 0.3) is 11.3 Å². The summed E-state index contributed by atoms with van der Waals surface area (Å²) in [5, 5.41) is 8.87. The van der Waals surface area contributed by atoms with Crippen molar-refractivity contribution in [2.75, 3.05) is 13.7 Å². The third-order valence-electron chi connectivity index (χ3n) is 3.56. The molecule has 0 amide bonds. The van der Waals surface area contributed by atoms with Crippen molar-refractivity contribution in [1.29, 1.82) is 0 Å². The van der Waals surface area contributed by atoms with Gasteiger partial charge in [0.05, 0.1) is 23.9 Å². The van der Waals surface area contributed by atoms with Crippen LogP contribution in [0, 0.1) is 6.92 Å². The quantitative estimate of drug-likeness (QED) is 0.624. The third-order valence-corrected chi connectivity index (χ3v) is 5.36. The molecule has 0 aliphatic rings. The average molecular weight is 358 g/mol. The Morgan fingerprint density at radius 2 is 1.96 bits per heavy atom. The van der Waals surface area contributed by atoms with E-state index in [0.29, 0.717) is 0 Å². The zero-order chi connectivity index (χ0) is 16.9. The van der Waals surface area contributed by atoms with Crippen LogP contribution in [0.15, 0.2) is 51.2 Å². The summed E-state index contributed by atoms with van der Waals surface area (Å²) in [7, 11) is 1.67. The largest absolute Gasteiger partial charge is 0.497 e. The highest BCUT2D eigenvalue weighted by Crippen LogP contribution is 2.23. The maximum absolute atomic E-state index is 5.24. The SMILES string of the molecule is CCN=c1scc(-c2ccc(OC)cc2)n1N=Cc1sccc1C. The van der Waals surface area contributed by atoms with E-state index in [2.05, 4.69) is 28.7 Å². The van der Waals surface area contributed by atoms with Crippen LogP contribution in [0.1, 0.15) is 17.4 Å². The summed E-state index contributed by atoms with van der Waals surface area (Å²) in [6, 6.07) is 10.1. The molecule has 0 radical (unpaired) electrons. The molecule has 3 rings (SSSR count). The molecule has 0 atom stereocenters. The molecule has 0 bridgehead atoms. The number of thiazole rings is 1. The molecule has 124 valence electrons. The lowest BCUT2D eigenvalue weighted by atomic mass is 10.2. The van der Waals surface area contributed by atoms with E-state index in [4.69, 9.17) is 9.84 Å². The normalized spacial score (nSPS) is 12.2. The van der Waals surface area contributed by atoms with E-state index in [1.165, 1.54) is 5.56 Å². The van der Waals surface area contributed by atoms with Gasteiger partial charge in [0.15, 0.2) is 0 Å². The zero-order valence-corrected chi connectivity index (χ0v) is 15.5. The Bertz CT molecular complexity index is 901. The van der Waals surface area contributed by atoms with Crippen LogP contribution in [0.3, 0.4) is 0 Å². The molecule has 0 saturated carbocycles. The maximum Gasteiger partial charge on any atom is 0.206 e. The number of aryl methyl sites for hydroxylation is 1. The molecule has 2 aromatic heterocycles. The summed E-state index contributed by atoms with van der Waals surface area (Å²) in [5.41, 5.74) is 3.35. The van der Waals surface area contributed by atoms with Gasteiger partial charge < -0.3 is 4.74 Å². The number of thiophene rings is 1. The second kappa shape index (κ2) is 7.59. The Balaban J connectivity index is 2.05. The van der Waals surface area contributed by atoms with Crippen molar-refractivity contribution in [3.8, 4) is 17.0 Å². The number of rotatable bonds is 5. The van der Waals surface area contributed by atoms with Crippen molar-refractivity contribution in [2.45, 2.75) is 13.8 Å². The summed E-state index contributed by atoms with van der Waals surface area (Å²) in [6.07, 6.45) is 1.91. The van der Waals surface area contributed by atoms with E-state index in [-0.39, 0.29) is 0 Å². The van der Waals surface area contributed by atoms with Gasteiger partial charge in [-0.25, -0.2) is 4.68 Å². The Morgan fingerprint density at radius 1 is 1.17 bits per heavy atom. The number of methoxy groups -OCH3 is 1. The molecule has 0 saturated heterocycles. The van der Waals surface area contributed by atoms with Gasteiger partial charge in [-0.15, -0.1) is 22.7 Å². The van der Waals surface area contributed by atoms with Gasteiger partial charge in [0.25, 0.3) is 0 Å². The van der Waals surface area contributed by atoms with Gasteiger partial charge in [-0.3, -0.25) is 4.99 Å². The van der Waals surface area contributed by atoms with Crippen molar-refractivity contribution in [3.63, 3.8) is 0 Å². The molecule has 0 aliphatic carbocycles. The Morgan fingerprint density at radius 3 is 2.58 bits per heavy atom. The van der Waals surface area contributed by atoms with E-state index in [9.17, 15) is 0 Å². The van der Waals surface area contributed by atoms with Gasteiger partial charge >= 0.3 is 0 Å². The van der Waals surface area contributed by atoms with Crippen LogP contribution in [-0.4, -0.2) is 24.5 Å². The number of ether oxygens (including phenoxy) is 1. The highest BCUT2D eigenvalue weighted by atomic mass is 32.1. The number of nitrogens with zero attached hydrogens (tertiary/aromatic N) is 3. The van der Waals surface area contributed by atoms with Gasteiger partial charge in [0, 0.05) is 17.5 Å². The Kier molecular flexibility index (Phi) is 5.27. The number of aromatic nitrogens is 1. The van der Waals surface area contributed by atoms with E-state index in [1.54, 1.807) is 29.8 Å². The van der Waals surface area contributed by atoms with E-state index >= 15 is 0 Å². The maximum atomic E-state index is 5.24. The first-order valence-corrected chi connectivity index (χ1v) is 9.42. The van der Waals surface area contributed by atoms with E-state index < -0.39 is 0 Å². The van der Waals surface area contributed by atoms with Crippen LogP contribution in [0.2, 0.25) is 0 Å². The zero-order valence-electron chi connectivity index (χ0n) is 13.9. The molecule has 3 aromatic rings. The second-order valence-electron chi connectivity index (χ2n) is 5.13. The molecule has 0 N–H and O–H groups in total. The van der Waals surface area contributed by atoms with Crippen LogP contribution in [0.4, 0.5) is 0 Å². The molecule has 0 spiro atoms. The summed E-state index contributed by atoms with van der Waals surface area (Å²) in [5.74, 6) is 0.844. The molecular weight excluding hydrogens is 338 g/mol. The minimum Gasteiger partial charge on any atom is -0.497 e. The Hall–Kier alpha value is -2.18. The monoisotopic (exact) mass is 357 g/mol. The fraction of sp³-hybridized carbons (Fsp3) is 0.222. The molecule has 6 heteroatoms. The standard InChI is InChI=1S/C18H19N3OS2/c1-4-19-18-21(20-11-17-13(2)9-10-23-17)16(12-24-18)14-5-7-15(22-3)8-6-14/h5-12H,4H2,1-3H3.